The Morgan fingerprint density at radius 1 is 1.19 bits per heavy atom. The van der Waals surface area contributed by atoms with E-state index in [0.29, 0.717) is 24.9 Å². The van der Waals surface area contributed by atoms with E-state index in [1.54, 1.807) is 6.26 Å². The van der Waals surface area contributed by atoms with Crippen LogP contribution < -0.4 is 16.0 Å². The average Bonchev–Trinajstić information content (AvgIpc) is 3.05. The molecule has 1 amide bonds. The normalized spacial score (nSPS) is 12.0. The number of guanidine groups is 1. The quantitative estimate of drug-likeness (QED) is 0.536. The van der Waals surface area contributed by atoms with E-state index in [0.717, 1.165) is 11.3 Å². The lowest BCUT2D eigenvalue weighted by Gasteiger charge is -2.21. The second kappa shape index (κ2) is 9.21. The number of oxazole rings is 1. The molecule has 1 heterocycles. The van der Waals surface area contributed by atoms with Crippen molar-refractivity contribution >= 4 is 11.9 Å². The summed E-state index contributed by atoms with van der Waals surface area (Å²) in [6, 6.07) is 8.00. The molecule has 0 aliphatic carbocycles. The Hall–Kier alpha value is -2.83. The van der Waals surface area contributed by atoms with Gasteiger partial charge in [0.25, 0.3) is 0 Å². The molecule has 1 aromatic heterocycles. The molecule has 27 heavy (non-hydrogen) atoms. The third-order valence-corrected chi connectivity index (χ3v) is 3.52. The number of aryl methyl sites for hydroxylation is 1. The average molecular weight is 371 g/mol. The first-order chi connectivity index (χ1) is 12.8. The predicted octanol–water partition coefficient (Wildman–Crippen LogP) is 2.62. The van der Waals surface area contributed by atoms with Crippen LogP contribution in [0, 0.1) is 6.92 Å². The van der Waals surface area contributed by atoms with Gasteiger partial charge in [-0.2, -0.15) is 0 Å². The Balaban J connectivity index is 1.96. The summed E-state index contributed by atoms with van der Waals surface area (Å²) in [5.41, 5.74) is 2.58. The molecule has 0 atom stereocenters. The number of rotatable bonds is 6. The molecule has 3 N–H and O–H groups in total. The Morgan fingerprint density at radius 3 is 2.52 bits per heavy atom. The Labute approximate surface area is 160 Å². The van der Waals surface area contributed by atoms with Gasteiger partial charge in [0.15, 0.2) is 5.96 Å². The van der Waals surface area contributed by atoms with Gasteiger partial charge in [0.05, 0.1) is 13.1 Å². The molecule has 0 fully saturated rings. The number of hydrogen-bond acceptors (Lipinski definition) is 4. The van der Waals surface area contributed by atoms with E-state index < -0.39 is 0 Å². The molecule has 0 unspecified atom stereocenters. The van der Waals surface area contributed by atoms with Gasteiger partial charge in [0.2, 0.25) is 11.8 Å². The highest BCUT2D eigenvalue weighted by molar-refractivity contribution is 5.86. The number of aromatic nitrogens is 1. The van der Waals surface area contributed by atoms with Gasteiger partial charge in [-0.3, -0.25) is 4.79 Å². The van der Waals surface area contributed by atoms with Gasteiger partial charge in [-0.15, -0.1) is 0 Å². The number of nitrogens with one attached hydrogen (secondary N) is 3. The molecule has 7 nitrogen and oxygen atoms in total. The number of carbonyl (C=O) groups is 1. The molecule has 1 aromatic carbocycles. The van der Waals surface area contributed by atoms with Crippen LogP contribution in [0.15, 0.2) is 39.9 Å². The lowest BCUT2D eigenvalue weighted by atomic mass is 10.1. The van der Waals surface area contributed by atoms with Crippen molar-refractivity contribution in [2.24, 2.45) is 4.99 Å². The minimum Gasteiger partial charge on any atom is -0.444 e. The Kier molecular flexibility index (Phi) is 6.98. The van der Waals surface area contributed by atoms with Crippen LogP contribution in [0.5, 0.6) is 0 Å². The van der Waals surface area contributed by atoms with E-state index in [4.69, 9.17) is 4.42 Å². The van der Waals surface area contributed by atoms with E-state index in [1.807, 2.05) is 58.9 Å². The van der Waals surface area contributed by atoms with Crippen LogP contribution in [0.25, 0.3) is 11.5 Å². The molecule has 2 aromatic rings. The zero-order valence-electron chi connectivity index (χ0n) is 16.7. The SMILES string of the molecule is CCNC(=NCc1coc(-c2ccc(C)cc2)n1)NCC(=O)NC(C)(C)C. The highest BCUT2D eigenvalue weighted by Gasteiger charge is 2.13. The monoisotopic (exact) mass is 371 g/mol. The van der Waals surface area contributed by atoms with Crippen molar-refractivity contribution < 1.29 is 9.21 Å². The van der Waals surface area contributed by atoms with Crippen molar-refractivity contribution in [3.63, 3.8) is 0 Å². The number of amides is 1. The number of carbonyl (C=O) groups excluding carboxylic acids is 1. The van der Waals surface area contributed by atoms with Crippen LogP contribution in [0.4, 0.5) is 0 Å². The first kappa shape index (κ1) is 20.5. The highest BCUT2D eigenvalue weighted by atomic mass is 16.3. The molecule has 0 saturated carbocycles. The van der Waals surface area contributed by atoms with Crippen LogP contribution in [-0.4, -0.2) is 35.5 Å². The van der Waals surface area contributed by atoms with E-state index >= 15 is 0 Å². The molecule has 2 rings (SSSR count). The summed E-state index contributed by atoms with van der Waals surface area (Å²) in [5.74, 6) is 1.04. The first-order valence-corrected chi connectivity index (χ1v) is 9.11. The summed E-state index contributed by atoms with van der Waals surface area (Å²) in [6.45, 7) is 11.0. The maximum atomic E-state index is 11.9. The van der Waals surface area contributed by atoms with Crippen LogP contribution in [0.1, 0.15) is 39.0 Å². The van der Waals surface area contributed by atoms with E-state index in [-0.39, 0.29) is 18.0 Å². The molecular weight excluding hydrogens is 342 g/mol. The second-order valence-electron chi connectivity index (χ2n) is 7.36. The Morgan fingerprint density at radius 2 is 1.89 bits per heavy atom. The van der Waals surface area contributed by atoms with Crippen LogP contribution >= 0.6 is 0 Å². The third-order valence-electron chi connectivity index (χ3n) is 3.52. The van der Waals surface area contributed by atoms with Crippen molar-refractivity contribution in [1.82, 2.24) is 20.9 Å². The molecule has 0 saturated heterocycles. The fourth-order valence-electron chi connectivity index (χ4n) is 2.34. The van der Waals surface area contributed by atoms with Crippen molar-refractivity contribution in [2.45, 2.75) is 46.7 Å². The zero-order valence-corrected chi connectivity index (χ0v) is 16.7. The molecule has 0 bridgehead atoms. The molecule has 7 heteroatoms. The lowest BCUT2D eigenvalue weighted by Crippen LogP contribution is -2.48. The van der Waals surface area contributed by atoms with Gasteiger partial charge < -0.3 is 20.4 Å². The van der Waals surface area contributed by atoms with Gasteiger partial charge in [0.1, 0.15) is 12.0 Å². The number of nitrogens with zero attached hydrogens (tertiary/aromatic N) is 2. The van der Waals surface area contributed by atoms with E-state index in [1.165, 1.54) is 5.56 Å². The summed E-state index contributed by atoms with van der Waals surface area (Å²) in [7, 11) is 0. The summed E-state index contributed by atoms with van der Waals surface area (Å²) < 4.78 is 5.55. The van der Waals surface area contributed by atoms with Crippen molar-refractivity contribution in [2.75, 3.05) is 13.1 Å². The Bertz CT molecular complexity index is 772. The number of aliphatic imine (C=N–C) groups is 1. The number of benzene rings is 1. The topological polar surface area (TPSA) is 91.6 Å². The third kappa shape index (κ3) is 7.13. The number of hydrogen-bond donors (Lipinski definition) is 3. The second-order valence-corrected chi connectivity index (χ2v) is 7.36. The minimum absolute atomic E-state index is 0.0869. The van der Waals surface area contributed by atoms with Gasteiger partial charge in [0, 0.05) is 17.6 Å². The minimum atomic E-state index is -0.263. The zero-order chi connectivity index (χ0) is 19.9. The molecule has 0 radical (unpaired) electrons. The van der Waals surface area contributed by atoms with Crippen LogP contribution in [-0.2, 0) is 11.3 Å². The fourth-order valence-corrected chi connectivity index (χ4v) is 2.34. The van der Waals surface area contributed by atoms with Crippen LogP contribution in [0.3, 0.4) is 0 Å². The van der Waals surface area contributed by atoms with Crippen molar-refractivity contribution in [1.29, 1.82) is 0 Å². The summed E-state index contributed by atoms with van der Waals surface area (Å²) >= 11 is 0. The van der Waals surface area contributed by atoms with E-state index in [9.17, 15) is 4.79 Å². The van der Waals surface area contributed by atoms with Gasteiger partial charge in [-0.25, -0.2) is 9.98 Å². The first-order valence-electron chi connectivity index (χ1n) is 9.11. The van der Waals surface area contributed by atoms with Crippen LogP contribution in [0.2, 0.25) is 0 Å². The molecule has 146 valence electrons. The summed E-state index contributed by atoms with van der Waals surface area (Å²) in [4.78, 5) is 20.9. The smallest absolute Gasteiger partial charge is 0.239 e. The molecule has 0 aliphatic heterocycles. The maximum Gasteiger partial charge on any atom is 0.239 e. The van der Waals surface area contributed by atoms with Gasteiger partial charge in [-0.05, 0) is 46.8 Å². The standard InChI is InChI=1S/C20H29N5O2/c1-6-21-19(23-12-17(26)25-20(3,4)5)22-11-16-13-27-18(24-16)15-9-7-14(2)8-10-15/h7-10,13H,6,11-12H2,1-5H3,(H,25,26)(H2,21,22,23). The fraction of sp³-hybridized carbons (Fsp3) is 0.450. The molecule has 0 aliphatic rings. The summed E-state index contributed by atoms with van der Waals surface area (Å²) in [5, 5.41) is 9.05. The van der Waals surface area contributed by atoms with Crippen molar-refractivity contribution in [3.05, 3.63) is 41.8 Å². The predicted molar refractivity (Wildman–Crippen MR) is 107 cm³/mol. The van der Waals surface area contributed by atoms with Crippen molar-refractivity contribution in [3.8, 4) is 11.5 Å². The maximum absolute atomic E-state index is 11.9. The van der Waals surface area contributed by atoms with Gasteiger partial charge in [-0.1, -0.05) is 17.7 Å². The largest absolute Gasteiger partial charge is 0.444 e. The van der Waals surface area contributed by atoms with E-state index in [2.05, 4.69) is 25.9 Å². The highest BCUT2D eigenvalue weighted by Crippen LogP contribution is 2.19. The lowest BCUT2D eigenvalue weighted by molar-refractivity contribution is -0.121. The molecule has 0 spiro atoms. The molecular formula is C20H29N5O2. The van der Waals surface area contributed by atoms with Gasteiger partial charge >= 0.3 is 0 Å². The summed E-state index contributed by atoms with van der Waals surface area (Å²) in [6.07, 6.45) is 1.61.